The highest BCUT2D eigenvalue weighted by molar-refractivity contribution is 5.74. The Bertz CT molecular complexity index is 388. The number of hydrogen-bond donors (Lipinski definition) is 1. The summed E-state index contributed by atoms with van der Waals surface area (Å²) in [6.45, 7) is 8.82. The van der Waals surface area contributed by atoms with Crippen molar-refractivity contribution in [2.24, 2.45) is 11.8 Å². The lowest BCUT2D eigenvalue weighted by molar-refractivity contribution is -0.144. The van der Waals surface area contributed by atoms with Crippen molar-refractivity contribution in [2.75, 3.05) is 32.8 Å². The molecule has 2 aliphatic heterocycles. The molecule has 2 heterocycles. The molecule has 3 fully saturated rings. The van der Waals surface area contributed by atoms with Gasteiger partial charge in [-0.05, 0) is 38.5 Å². The molecule has 0 aromatic rings. The molecule has 4 unspecified atom stereocenters. The number of aliphatic carboxylic acids is 1. The standard InChI is InChI=1S/C16H28N2O3/c1-11(2)17-6-7-21-13(9-17)10-18-8-12-4-3-5-14(12)15(18)16(19)20/h11-15H,3-10H2,1-2H3,(H,19,20). The van der Waals surface area contributed by atoms with Gasteiger partial charge in [0.1, 0.15) is 6.04 Å². The van der Waals surface area contributed by atoms with E-state index in [2.05, 4.69) is 23.6 Å². The van der Waals surface area contributed by atoms with Gasteiger partial charge in [-0.15, -0.1) is 0 Å². The first-order valence-electron chi connectivity index (χ1n) is 8.38. The van der Waals surface area contributed by atoms with Gasteiger partial charge < -0.3 is 9.84 Å². The Kier molecular flexibility index (Phi) is 4.52. The Balaban J connectivity index is 1.62. The van der Waals surface area contributed by atoms with Gasteiger partial charge in [-0.25, -0.2) is 0 Å². The van der Waals surface area contributed by atoms with Gasteiger partial charge >= 0.3 is 5.97 Å². The van der Waals surface area contributed by atoms with Crippen LogP contribution in [0.2, 0.25) is 0 Å². The zero-order chi connectivity index (χ0) is 15.0. The first kappa shape index (κ1) is 15.3. The number of likely N-dealkylation sites (tertiary alicyclic amines) is 1. The predicted octanol–water partition coefficient (Wildman–Crippen LogP) is 1.28. The third-order valence-electron chi connectivity index (χ3n) is 5.58. The fourth-order valence-electron chi connectivity index (χ4n) is 4.50. The number of carboxylic acids is 1. The maximum atomic E-state index is 11.7. The zero-order valence-electron chi connectivity index (χ0n) is 13.2. The molecule has 3 rings (SSSR count). The van der Waals surface area contributed by atoms with Gasteiger partial charge in [0.25, 0.3) is 0 Å². The summed E-state index contributed by atoms with van der Waals surface area (Å²) in [6.07, 6.45) is 3.64. The van der Waals surface area contributed by atoms with Crippen LogP contribution in [-0.4, -0.2) is 71.8 Å². The molecule has 120 valence electrons. The summed E-state index contributed by atoms with van der Waals surface area (Å²) in [5.41, 5.74) is 0. The summed E-state index contributed by atoms with van der Waals surface area (Å²) in [6, 6.07) is 0.250. The average molecular weight is 296 g/mol. The lowest BCUT2D eigenvalue weighted by atomic mass is 9.94. The fourth-order valence-corrected chi connectivity index (χ4v) is 4.50. The Morgan fingerprint density at radius 2 is 2.14 bits per heavy atom. The molecule has 2 saturated heterocycles. The van der Waals surface area contributed by atoms with Crippen molar-refractivity contribution in [1.82, 2.24) is 9.80 Å². The van der Waals surface area contributed by atoms with E-state index in [1.54, 1.807) is 0 Å². The summed E-state index contributed by atoms with van der Waals surface area (Å²) >= 11 is 0. The largest absolute Gasteiger partial charge is 0.480 e. The molecule has 0 radical (unpaired) electrons. The molecule has 0 spiro atoms. The molecule has 0 amide bonds. The molecule has 21 heavy (non-hydrogen) atoms. The minimum Gasteiger partial charge on any atom is -0.480 e. The van der Waals surface area contributed by atoms with Crippen molar-refractivity contribution in [1.29, 1.82) is 0 Å². The third-order valence-corrected chi connectivity index (χ3v) is 5.58. The van der Waals surface area contributed by atoms with Crippen LogP contribution in [0.25, 0.3) is 0 Å². The summed E-state index contributed by atoms with van der Waals surface area (Å²) in [5.74, 6) is 0.323. The number of nitrogens with zero attached hydrogens (tertiary/aromatic N) is 2. The van der Waals surface area contributed by atoms with Gasteiger partial charge in [0.15, 0.2) is 0 Å². The molecule has 0 bridgehead atoms. The number of hydrogen-bond acceptors (Lipinski definition) is 4. The fraction of sp³-hybridized carbons (Fsp3) is 0.938. The van der Waals surface area contributed by atoms with Crippen molar-refractivity contribution < 1.29 is 14.6 Å². The second-order valence-corrected chi connectivity index (χ2v) is 7.17. The molecular weight excluding hydrogens is 268 g/mol. The van der Waals surface area contributed by atoms with Crippen LogP contribution in [-0.2, 0) is 9.53 Å². The number of rotatable bonds is 4. The summed E-state index contributed by atoms with van der Waals surface area (Å²) in [7, 11) is 0. The maximum Gasteiger partial charge on any atom is 0.321 e. The number of morpholine rings is 1. The first-order chi connectivity index (χ1) is 10.1. The van der Waals surface area contributed by atoms with Crippen LogP contribution in [0.3, 0.4) is 0 Å². The summed E-state index contributed by atoms with van der Waals surface area (Å²) in [5, 5.41) is 9.61. The second-order valence-electron chi connectivity index (χ2n) is 7.17. The van der Waals surface area contributed by atoms with E-state index in [-0.39, 0.29) is 12.1 Å². The Morgan fingerprint density at radius 3 is 2.86 bits per heavy atom. The van der Waals surface area contributed by atoms with Crippen molar-refractivity contribution in [3.8, 4) is 0 Å². The molecule has 1 aliphatic carbocycles. The van der Waals surface area contributed by atoms with E-state index < -0.39 is 5.97 Å². The second kappa shape index (κ2) is 6.23. The third kappa shape index (κ3) is 3.10. The summed E-state index contributed by atoms with van der Waals surface area (Å²) in [4.78, 5) is 16.3. The van der Waals surface area contributed by atoms with E-state index in [9.17, 15) is 9.90 Å². The lowest BCUT2D eigenvalue weighted by Crippen LogP contribution is -2.51. The SMILES string of the molecule is CC(C)N1CCOC(CN2CC3CCCC3C2C(=O)O)C1. The molecular formula is C16H28N2O3. The number of fused-ring (bicyclic) bond motifs is 1. The van der Waals surface area contributed by atoms with E-state index in [1.165, 1.54) is 12.8 Å². The minimum atomic E-state index is -0.638. The van der Waals surface area contributed by atoms with Gasteiger partial charge in [-0.3, -0.25) is 14.6 Å². The first-order valence-corrected chi connectivity index (χ1v) is 8.38. The van der Waals surface area contributed by atoms with Crippen molar-refractivity contribution in [2.45, 2.75) is 51.3 Å². The molecule has 4 atom stereocenters. The number of ether oxygens (including phenoxy) is 1. The molecule has 0 aromatic heterocycles. The maximum absolute atomic E-state index is 11.7. The highest BCUT2D eigenvalue weighted by Crippen LogP contribution is 2.42. The van der Waals surface area contributed by atoms with Gasteiger partial charge in [0.05, 0.1) is 12.7 Å². The van der Waals surface area contributed by atoms with Gasteiger partial charge in [-0.2, -0.15) is 0 Å². The predicted molar refractivity (Wildman–Crippen MR) is 80.3 cm³/mol. The van der Waals surface area contributed by atoms with E-state index in [0.29, 0.717) is 17.9 Å². The minimum absolute atomic E-state index is 0.154. The van der Waals surface area contributed by atoms with Crippen molar-refractivity contribution >= 4 is 5.97 Å². The van der Waals surface area contributed by atoms with E-state index in [4.69, 9.17) is 4.74 Å². The Morgan fingerprint density at radius 1 is 1.33 bits per heavy atom. The molecule has 3 aliphatic rings. The number of carboxylic acid groups (broad SMARTS) is 1. The van der Waals surface area contributed by atoms with Crippen LogP contribution in [0.4, 0.5) is 0 Å². The molecule has 0 aromatic carbocycles. The molecule has 5 heteroatoms. The highest BCUT2D eigenvalue weighted by atomic mass is 16.5. The molecule has 1 saturated carbocycles. The van der Waals surface area contributed by atoms with E-state index in [0.717, 1.165) is 39.2 Å². The van der Waals surface area contributed by atoms with Crippen LogP contribution in [0.5, 0.6) is 0 Å². The van der Waals surface area contributed by atoms with E-state index >= 15 is 0 Å². The normalized spacial score (nSPS) is 38.0. The van der Waals surface area contributed by atoms with Crippen LogP contribution in [0.1, 0.15) is 33.1 Å². The van der Waals surface area contributed by atoms with Crippen LogP contribution < -0.4 is 0 Å². The van der Waals surface area contributed by atoms with Gasteiger partial charge in [-0.1, -0.05) is 6.42 Å². The molecule has 5 nitrogen and oxygen atoms in total. The van der Waals surface area contributed by atoms with E-state index in [1.807, 2.05) is 0 Å². The van der Waals surface area contributed by atoms with Crippen LogP contribution in [0.15, 0.2) is 0 Å². The van der Waals surface area contributed by atoms with Crippen molar-refractivity contribution in [3.05, 3.63) is 0 Å². The average Bonchev–Trinajstić information content (AvgIpc) is 2.98. The molecule has 1 N–H and O–H groups in total. The lowest BCUT2D eigenvalue weighted by Gasteiger charge is -2.38. The van der Waals surface area contributed by atoms with Crippen molar-refractivity contribution in [3.63, 3.8) is 0 Å². The van der Waals surface area contributed by atoms with Crippen LogP contribution >= 0.6 is 0 Å². The van der Waals surface area contributed by atoms with Gasteiger partial charge in [0.2, 0.25) is 0 Å². The smallest absolute Gasteiger partial charge is 0.321 e. The Labute approximate surface area is 127 Å². The quantitative estimate of drug-likeness (QED) is 0.847. The van der Waals surface area contributed by atoms with Crippen LogP contribution in [0, 0.1) is 11.8 Å². The topological polar surface area (TPSA) is 53.0 Å². The summed E-state index contributed by atoms with van der Waals surface area (Å²) < 4.78 is 5.89. The van der Waals surface area contributed by atoms with Gasteiger partial charge in [0, 0.05) is 32.2 Å². The monoisotopic (exact) mass is 296 g/mol. The Hall–Kier alpha value is -0.650. The highest BCUT2D eigenvalue weighted by Gasteiger charge is 2.48. The number of carbonyl (C=O) groups is 1. The zero-order valence-corrected chi connectivity index (χ0v) is 13.2.